The zero-order chi connectivity index (χ0) is 23.3. The summed E-state index contributed by atoms with van der Waals surface area (Å²) in [5.41, 5.74) is 1.40. The maximum atomic E-state index is 13.2. The van der Waals surface area contributed by atoms with Gasteiger partial charge in [-0.15, -0.1) is 0 Å². The van der Waals surface area contributed by atoms with Gasteiger partial charge in [0.05, 0.1) is 27.8 Å². The van der Waals surface area contributed by atoms with Crippen molar-refractivity contribution in [2.75, 3.05) is 13.2 Å². The van der Waals surface area contributed by atoms with Crippen LogP contribution in [0, 0.1) is 5.82 Å². The van der Waals surface area contributed by atoms with Crippen molar-refractivity contribution in [1.82, 2.24) is 4.90 Å². The van der Waals surface area contributed by atoms with Gasteiger partial charge in [0.2, 0.25) is 0 Å². The Bertz CT molecular complexity index is 1040. The van der Waals surface area contributed by atoms with Gasteiger partial charge in [0.15, 0.2) is 16.7 Å². The highest BCUT2D eigenvalue weighted by Crippen LogP contribution is 2.40. The van der Waals surface area contributed by atoms with Gasteiger partial charge in [-0.1, -0.05) is 6.92 Å². The van der Waals surface area contributed by atoms with Crippen molar-refractivity contribution in [3.05, 3.63) is 57.2 Å². The van der Waals surface area contributed by atoms with Crippen LogP contribution in [0.25, 0.3) is 6.08 Å². The highest BCUT2D eigenvalue weighted by molar-refractivity contribution is 9.10. The first kappa shape index (κ1) is 24.3. The first-order valence-corrected chi connectivity index (χ1v) is 12.2. The molecule has 5 nitrogen and oxygen atoms in total. The molecule has 2 aromatic rings. The lowest BCUT2D eigenvalue weighted by Crippen LogP contribution is -2.28. The summed E-state index contributed by atoms with van der Waals surface area (Å²) < 4.78 is 25.8. The molecule has 1 saturated heterocycles. The first-order chi connectivity index (χ1) is 15.4. The van der Waals surface area contributed by atoms with E-state index in [1.54, 1.807) is 17.0 Å². The maximum Gasteiger partial charge on any atom is 0.266 e. The summed E-state index contributed by atoms with van der Waals surface area (Å²) in [5.74, 6) is 0.834. The molecule has 2 aromatic carbocycles. The molecule has 8 heteroatoms. The third-order valence-electron chi connectivity index (χ3n) is 4.78. The lowest BCUT2D eigenvalue weighted by Gasteiger charge is -2.18. The predicted molar refractivity (Wildman–Crippen MR) is 132 cm³/mol. The summed E-state index contributed by atoms with van der Waals surface area (Å²) in [6.45, 7) is 8.86. The van der Waals surface area contributed by atoms with Crippen LogP contribution in [0.3, 0.4) is 0 Å². The van der Waals surface area contributed by atoms with E-state index in [2.05, 4.69) is 27.8 Å². The molecule has 1 fully saturated rings. The Morgan fingerprint density at radius 3 is 2.56 bits per heavy atom. The summed E-state index contributed by atoms with van der Waals surface area (Å²) in [5, 5.41) is 0.566. The van der Waals surface area contributed by atoms with E-state index in [0.717, 1.165) is 16.5 Å². The van der Waals surface area contributed by atoms with Gasteiger partial charge in [-0.2, -0.15) is 0 Å². The van der Waals surface area contributed by atoms with Gasteiger partial charge in [-0.05, 0) is 103 Å². The molecule has 1 atom stereocenters. The average molecular weight is 521 g/mol. The molecule has 32 heavy (non-hydrogen) atoms. The molecule has 1 heterocycles. The number of likely N-dealkylation sites (N-methyl/N-ethyl adjacent to an activating group) is 1. The Balaban J connectivity index is 1.94. The Labute approximate surface area is 200 Å². The highest BCUT2D eigenvalue weighted by Gasteiger charge is 2.32. The van der Waals surface area contributed by atoms with Crippen molar-refractivity contribution < 1.29 is 18.7 Å². The predicted octanol–water partition coefficient (Wildman–Crippen LogP) is 6.79. The molecule has 0 radical (unpaired) electrons. The first-order valence-electron chi connectivity index (χ1n) is 10.5. The highest BCUT2D eigenvalue weighted by atomic mass is 79.9. The number of nitrogens with zero attached hydrogens (tertiary/aromatic N) is 2. The molecule has 0 aliphatic carbocycles. The second kappa shape index (κ2) is 11.0. The molecule has 3 rings (SSSR count). The summed E-state index contributed by atoms with van der Waals surface area (Å²) in [7, 11) is 0. The Kier molecular flexibility index (Phi) is 8.37. The SMILES string of the molecule is CCOc1cc(/C=C2/SC(=Nc3ccc(F)cc3)N(CC)C2=O)cc(Br)c1O[C@H](C)CC. The zero-order valence-electron chi connectivity index (χ0n) is 18.5. The molecule has 170 valence electrons. The minimum atomic E-state index is -0.325. The Morgan fingerprint density at radius 2 is 1.94 bits per heavy atom. The van der Waals surface area contributed by atoms with E-state index in [4.69, 9.17) is 9.47 Å². The van der Waals surface area contributed by atoms with Crippen molar-refractivity contribution >= 4 is 50.5 Å². The van der Waals surface area contributed by atoms with Crippen LogP contribution in [0.4, 0.5) is 10.1 Å². The molecular weight excluding hydrogens is 495 g/mol. The van der Waals surface area contributed by atoms with Crippen LogP contribution in [0.15, 0.2) is 50.8 Å². The van der Waals surface area contributed by atoms with Gasteiger partial charge in [-0.25, -0.2) is 9.38 Å². The largest absolute Gasteiger partial charge is 0.490 e. The monoisotopic (exact) mass is 520 g/mol. The standard InChI is InChI=1S/C24H26BrFN2O3S/c1-5-15(4)31-22-19(25)12-16(13-20(22)30-7-3)14-21-23(29)28(6-2)24(32-21)27-18-10-8-17(26)9-11-18/h8-15H,5-7H2,1-4H3/b21-14+,27-24?/t15-/m1/s1. The number of carbonyl (C=O) groups is 1. The molecule has 1 amide bonds. The lowest BCUT2D eigenvalue weighted by atomic mass is 10.1. The van der Waals surface area contributed by atoms with Crippen LogP contribution >= 0.6 is 27.7 Å². The van der Waals surface area contributed by atoms with E-state index >= 15 is 0 Å². The number of halogens is 2. The molecule has 0 aromatic heterocycles. The van der Waals surface area contributed by atoms with Crippen molar-refractivity contribution in [1.29, 1.82) is 0 Å². The van der Waals surface area contributed by atoms with E-state index in [0.29, 0.717) is 40.4 Å². The lowest BCUT2D eigenvalue weighted by molar-refractivity contribution is -0.122. The van der Waals surface area contributed by atoms with Gasteiger partial charge in [-0.3, -0.25) is 9.69 Å². The van der Waals surface area contributed by atoms with Gasteiger partial charge in [0.1, 0.15) is 5.82 Å². The zero-order valence-corrected chi connectivity index (χ0v) is 20.9. The number of benzene rings is 2. The van der Waals surface area contributed by atoms with Crippen LogP contribution in [0.1, 0.15) is 39.7 Å². The molecule has 0 N–H and O–H groups in total. The number of carbonyl (C=O) groups excluding carboxylic acids is 1. The number of rotatable bonds is 8. The fourth-order valence-electron chi connectivity index (χ4n) is 2.98. The minimum absolute atomic E-state index is 0.0463. The Hall–Kier alpha value is -2.32. The Morgan fingerprint density at radius 1 is 1.22 bits per heavy atom. The third-order valence-corrected chi connectivity index (χ3v) is 6.37. The number of hydrogen-bond donors (Lipinski definition) is 0. The molecule has 1 aliphatic heterocycles. The summed E-state index contributed by atoms with van der Waals surface area (Å²) >= 11 is 4.88. The number of aliphatic imine (C=N–C) groups is 1. The molecule has 0 spiro atoms. The van der Waals surface area contributed by atoms with E-state index in [1.165, 1.54) is 23.9 Å². The maximum absolute atomic E-state index is 13.2. The summed E-state index contributed by atoms with van der Waals surface area (Å²) in [4.78, 5) is 19.7. The molecule has 0 unspecified atom stereocenters. The quantitative estimate of drug-likeness (QED) is 0.359. The number of amidine groups is 1. The van der Waals surface area contributed by atoms with E-state index in [-0.39, 0.29) is 17.8 Å². The van der Waals surface area contributed by atoms with Crippen molar-refractivity contribution in [3.63, 3.8) is 0 Å². The summed E-state index contributed by atoms with van der Waals surface area (Å²) in [6.07, 6.45) is 2.74. The molecule has 1 aliphatic rings. The van der Waals surface area contributed by atoms with Crippen LogP contribution in [-0.4, -0.2) is 35.2 Å². The van der Waals surface area contributed by atoms with E-state index < -0.39 is 0 Å². The molecule has 0 saturated carbocycles. The normalized spacial score (nSPS) is 17.3. The second-order valence-electron chi connectivity index (χ2n) is 7.13. The van der Waals surface area contributed by atoms with Crippen LogP contribution in [-0.2, 0) is 4.79 Å². The van der Waals surface area contributed by atoms with Crippen molar-refractivity contribution in [3.8, 4) is 11.5 Å². The van der Waals surface area contributed by atoms with Gasteiger partial charge < -0.3 is 9.47 Å². The smallest absolute Gasteiger partial charge is 0.266 e. The number of thioether (sulfide) groups is 1. The summed E-state index contributed by atoms with van der Waals surface area (Å²) in [6, 6.07) is 9.66. The number of hydrogen-bond acceptors (Lipinski definition) is 5. The van der Waals surface area contributed by atoms with E-state index in [9.17, 15) is 9.18 Å². The third kappa shape index (κ3) is 5.72. The average Bonchev–Trinajstić information content (AvgIpc) is 3.06. The van der Waals surface area contributed by atoms with Crippen molar-refractivity contribution in [2.45, 2.75) is 40.2 Å². The minimum Gasteiger partial charge on any atom is -0.490 e. The molecular formula is C24H26BrFN2O3S. The number of amides is 1. The topological polar surface area (TPSA) is 51.1 Å². The molecule has 0 bridgehead atoms. The van der Waals surface area contributed by atoms with Gasteiger partial charge in [0.25, 0.3) is 5.91 Å². The fraction of sp³-hybridized carbons (Fsp3) is 0.333. The second-order valence-corrected chi connectivity index (χ2v) is 8.99. The van der Waals surface area contributed by atoms with Gasteiger partial charge >= 0.3 is 0 Å². The number of ether oxygens (including phenoxy) is 2. The van der Waals surface area contributed by atoms with E-state index in [1.807, 2.05) is 39.0 Å². The van der Waals surface area contributed by atoms with Crippen LogP contribution in [0.2, 0.25) is 0 Å². The fourth-order valence-corrected chi connectivity index (χ4v) is 4.60. The van der Waals surface area contributed by atoms with Crippen LogP contribution < -0.4 is 9.47 Å². The van der Waals surface area contributed by atoms with Crippen LogP contribution in [0.5, 0.6) is 11.5 Å². The van der Waals surface area contributed by atoms with Gasteiger partial charge in [0, 0.05) is 6.54 Å². The van der Waals surface area contributed by atoms with Crippen molar-refractivity contribution in [2.24, 2.45) is 4.99 Å².